The van der Waals surface area contributed by atoms with Crippen molar-refractivity contribution < 1.29 is 19.4 Å². The fraction of sp³-hybridized carbons (Fsp3) is 0.375. The van der Waals surface area contributed by atoms with Crippen LogP contribution in [0.2, 0.25) is 0 Å². The lowest BCUT2D eigenvalue weighted by molar-refractivity contribution is -0.137. The number of carboxylic acids is 1. The number of para-hydroxylation sites is 1. The van der Waals surface area contributed by atoms with Crippen LogP contribution in [0.4, 0.5) is 0 Å². The lowest BCUT2D eigenvalue weighted by atomic mass is 9.96. The number of hydrogen-bond donors (Lipinski definition) is 1. The Hall–Kier alpha value is -2.30. The summed E-state index contributed by atoms with van der Waals surface area (Å²) >= 11 is 0. The molecule has 5 nitrogen and oxygen atoms in total. The predicted octanol–water partition coefficient (Wildman–Crippen LogP) is 2.28. The molecular formula is C16H19NO4. The molecule has 0 aliphatic carbocycles. The molecule has 0 aromatic heterocycles. The first-order valence-corrected chi connectivity index (χ1v) is 6.87. The van der Waals surface area contributed by atoms with E-state index >= 15 is 0 Å². The molecule has 2 atom stereocenters. The quantitative estimate of drug-likeness (QED) is 0.844. The monoisotopic (exact) mass is 289 g/mol. The van der Waals surface area contributed by atoms with Crippen LogP contribution < -0.4 is 4.74 Å². The van der Waals surface area contributed by atoms with Crippen LogP contribution in [-0.4, -0.2) is 41.1 Å². The van der Waals surface area contributed by atoms with E-state index in [-0.39, 0.29) is 31.0 Å². The van der Waals surface area contributed by atoms with Gasteiger partial charge in [0.2, 0.25) is 0 Å². The van der Waals surface area contributed by atoms with E-state index in [2.05, 4.69) is 6.58 Å². The van der Waals surface area contributed by atoms with E-state index in [1.165, 1.54) is 11.0 Å². The number of benzene rings is 1. The number of carbonyl (C=O) groups is 2. The fourth-order valence-electron chi connectivity index (χ4n) is 2.46. The molecule has 5 heteroatoms. The average molecular weight is 289 g/mol. The molecule has 0 saturated heterocycles. The molecule has 1 N–H and O–H groups in total. The third-order valence-electron chi connectivity index (χ3n) is 3.74. The first-order chi connectivity index (χ1) is 9.95. The number of amides is 1. The molecule has 1 aromatic carbocycles. The third-order valence-corrected chi connectivity index (χ3v) is 3.74. The molecule has 1 aliphatic heterocycles. The number of carbonyl (C=O) groups excluding carboxylic acids is 1. The normalized spacial score (nSPS) is 19.5. The summed E-state index contributed by atoms with van der Waals surface area (Å²) in [4.78, 5) is 24.7. The maximum atomic E-state index is 12.6. The van der Waals surface area contributed by atoms with Gasteiger partial charge in [0.1, 0.15) is 18.4 Å². The van der Waals surface area contributed by atoms with E-state index in [4.69, 9.17) is 9.84 Å². The number of fused-ring (bicyclic) bond motifs is 1. The van der Waals surface area contributed by atoms with Crippen molar-refractivity contribution >= 4 is 11.9 Å². The molecule has 2 unspecified atom stereocenters. The second-order valence-corrected chi connectivity index (χ2v) is 5.20. The maximum Gasteiger partial charge on any atom is 0.323 e. The molecule has 2 rings (SSSR count). The fourth-order valence-corrected chi connectivity index (χ4v) is 2.46. The van der Waals surface area contributed by atoms with Crippen molar-refractivity contribution in [3.05, 3.63) is 42.0 Å². The van der Waals surface area contributed by atoms with E-state index in [1.807, 2.05) is 19.9 Å². The van der Waals surface area contributed by atoms with Gasteiger partial charge >= 0.3 is 5.97 Å². The van der Waals surface area contributed by atoms with Gasteiger partial charge in [-0.1, -0.05) is 25.1 Å². The Bertz CT molecular complexity index is 582. The molecule has 0 radical (unpaired) electrons. The number of carboxylic acid groups (broad SMARTS) is 1. The minimum atomic E-state index is -1.06. The lowest BCUT2D eigenvalue weighted by Crippen LogP contribution is -2.36. The first-order valence-electron chi connectivity index (χ1n) is 6.87. The standard InChI is InChI=1S/C16H19NO4/c1-4-8-17(9-14(18)19)16(20)13-7-5-6-12-10(2)11(3)21-15(12)13/h4-7,10-11H,1,8-9H2,2-3H3,(H,18,19). The molecule has 21 heavy (non-hydrogen) atoms. The molecule has 0 bridgehead atoms. The van der Waals surface area contributed by atoms with E-state index in [9.17, 15) is 9.59 Å². The van der Waals surface area contributed by atoms with Gasteiger partial charge in [0.25, 0.3) is 5.91 Å². The SMILES string of the molecule is C=CCN(CC(=O)O)C(=O)c1cccc2c1OC(C)C2C. The van der Waals surface area contributed by atoms with Crippen LogP contribution in [-0.2, 0) is 4.79 Å². The average Bonchev–Trinajstić information content (AvgIpc) is 2.73. The summed E-state index contributed by atoms with van der Waals surface area (Å²) < 4.78 is 5.78. The Morgan fingerprint density at radius 1 is 1.43 bits per heavy atom. The Labute approximate surface area is 123 Å². The summed E-state index contributed by atoms with van der Waals surface area (Å²) in [5.41, 5.74) is 1.40. The van der Waals surface area contributed by atoms with Crippen molar-refractivity contribution in [1.82, 2.24) is 4.90 Å². The van der Waals surface area contributed by atoms with Crippen molar-refractivity contribution in [3.63, 3.8) is 0 Å². The molecule has 0 saturated carbocycles. The number of nitrogens with zero attached hydrogens (tertiary/aromatic N) is 1. The second-order valence-electron chi connectivity index (χ2n) is 5.20. The van der Waals surface area contributed by atoms with Gasteiger partial charge in [-0.05, 0) is 13.0 Å². The molecule has 1 amide bonds. The number of rotatable bonds is 5. The van der Waals surface area contributed by atoms with Crippen LogP contribution in [0.3, 0.4) is 0 Å². The number of aliphatic carboxylic acids is 1. The Balaban J connectivity index is 2.35. The minimum Gasteiger partial charge on any atom is -0.489 e. The Morgan fingerprint density at radius 3 is 2.76 bits per heavy atom. The summed E-state index contributed by atoms with van der Waals surface area (Å²) in [6, 6.07) is 5.41. The molecule has 0 fully saturated rings. The van der Waals surface area contributed by atoms with Gasteiger partial charge in [-0.3, -0.25) is 9.59 Å². The van der Waals surface area contributed by atoms with Gasteiger partial charge in [-0.15, -0.1) is 6.58 Å². The van der Waals surface area contributed by atoms with Crippen LogP contribution >= 0.6 is 0 Å². The summed E-state index contributed by atoms with van der Waals surface area (Å²) in [6.45, 7) is 7.38. The van der Waals surface area contributed by atoms with E-state index in [1.54, 1.807) is 12.1 Å². The zero-order valence-corrected chi connectivity index (χ0v) is 12.2. The van der Waals surface area contributed by atoms with Gasteiger partial charge in [0.05, 0.1) is 5.56 Å². The largest absolute Gasteiger partial charge is 0.489 e. The summed E-state index contributed by atoms with van der Waals surface area (Å²) in [7, 11) is 0. The molecule has 1 heterocycles. The molecule has 1 aromatic rings. The first kappa shape index (κ1) is 15.1. The smallest absolute Gasteiger partial charge is 0.323 e. The summed E-state index contributed by atoms with van der Waals surface area (Å²) in [5, 5.41) is 8.92. The highest BCUT2D eigenvalue weighted by atomic mass is 16.5. The number of hydrogen-bond acceptors (Lipinski definition) is 3. The summed E-state index contributed by atoms with van der Waals surface area (Å²) in [5.74, 6) is -0.627. The van der Waals surface area contributed by atoms with Crippen molar-refractivity contribution in [3.8, 4) is 5.75 Å². The van der Waals surface area contributed by atoms with Crippen LogP contribution in [0.5, 0.6) is 5.75 Å². The zero-order valence-electron chi connectivity index (χ0n) is 12.2. The summed E-state index contributed by atoms with van der Waals surface area (Å²) in [6.07, 6.45) is 1.51. The topological polar surface area (TPSA) is 66.8 Å². The van der Waals surface area contributed by atoms with Gasteiger partial charge in [-0.2, -0.15) is 0 Å². The van der Waals surface area contributed by atoms with Gasteiger partial charge in [-0.25, -0.2) is 0 Å². The number of ether oxygens (including phenoxy) is 1. The van der Waals surface area contributed by atoms with Gasteiger partial charge in [0, 0.05) is 18.0 Å². The molecule has 0 spiro atoms. The predicted molar refractivity (Wildman–Crippen MR) is 78.7 cm³/mol. The van der Waals surface area contributed by atoms with Gasteiger partial charge in [0.15, 0.2) is 0 Å². The van der Waals surface area contributed by atoms with E-state index in [0.717, 1.165) is 5.56 Å². The minimum absolute atomic E-state index is 0.00118. The van der Waals surface area contributed by atoms with E-state index in [0.29, 0.717) is 11.3 Å². The lowest BCUT2D eigenvalue weighted by Gasteiger charge is -2.20. The van der Waals surface area contributed by atoms with Crippen LogP contribution in [0.15, 0.2) is 30.9 Å². The van der Waals surface area contributed by atoms with Crippen LogP contribution in [0.1, 0.15) is 35.7 Å². The van der Waals surface area contributed by atoms with Crippen molar-refractivity contribution in [2.45, 2.75) is 25.9 Å². The Kier molecular flexibility index (Phi) is 4.31. The second kappa shape index (κ2) is 5.99. The van der Waals surface area contributed by atoms with Crippen molar-refractivity contribution in [1.29, 1.82) is 0 Å². The third kappa shape index (κ3) is 2.91. The maximum absolute atomic E-state index is 12.6. The molecule has 112 valence electrons. The highest BCUT2D eigenvalue weighted by molar-refractivity contribution is 5.99. The van der Waals surface area contributed by atoms with Crippen LogP contribution in [0, 0.1) is 0 Å². The Morgan fingerprint density at radius 2 is 2.14 bits per heavy atom. The highest BCUT2D eigenvalue weighted by Gasteiger charge is 2.32. The highest BCUT2D eigenvalue weighted by Crippen LogP contribution is 2.40. The van der Waals surface area contributed by atoms with Gasteiger partial charge < -0.3 is 14.7 Å². The molecular weight excluding hydrogens is 270 g/mol. The van der Waals surface area contributed by atoms with Crippen LogP contribution in [0.25, 0.3) is 0 Å². The van der Waals surface area contributed by atoms with Crippen molar-refractivity contribution in [2.75, 3.05) is 13.1 Å². The van der Waals surface area contributed by atoms with Crippen molar-refractivity contribution in [2.24, 2.45) is 0 Å². The zero-order chi connectivity index (χ0) is 15.6. The van der Waals surface area contributed by atoms with E-state index < -0.39 is 5.97 Å². The molecule has 1 aliphatic rings.